The molecule has 1 rings (SSSR count). The van der Waals surface area contributed by atoms with E-state index in [0.717, 1.165) is 25.8 Å². The number of rotatable bonds is 11. The van der Waals surface area contributed by atoms with Crippen LogP contribution in [0.25, 0.3) is 0 Å². The van der Waals surface area contributed by atoms with Crippen molar-refractivity contribution in [3.8, 4) is 0 Å². The maximum absolute atomic E-state index is 12.0. The van der Waals surface area contributed by atoms with Gasteiger partial charge in [0.1, 0.15) is 5.70 Å². The topological polar surface area (TPSA) is 69.6 Å². The third-order valence-electron chi connectivity index (χ3n) is 4.48. The summed E-state index contributed by atoms with van der Waals surface area (Å²) in [4.78, 5) is 25.4. The van der Waals surface area contributed by atoms with Gasteiger partial charge in [-0.2, -0.15) is 0 Å². The van der Waals surface area contributed by atoms with E-state index in [4.69, 9.17) is 0 Å². The highest BCUT2D eigenvalue weighted by Gasteiger charge is 2.50. The summed E-state index contributed by atoms with van der Waals surface area (Å²) in [6.45, 7) is 5.17. The molecule has 1 aliphatic rings. The van der Waals surface area contributed by atoms with Crippen LogP contribution in [0.15, 0.2) is 11.8 Å². The van der Waals surface area contributed by atoms with Crippen LogP contribution in [0.3, 0.4) is 0 Å². The van der Waals surface area contributed by atoms with E-state index in [0.29, 0.717) is 6.42 Å². The van der Waals surface area contributed by atoms with Gasteiger partial charge in [0.05, 0.1) is 0 Å². The maximum atomic E-state index is 12.0. The van der Waals surface area contributed by atoms with Crippen LogP contribution in [-0.2, 0) is 9.59 Å². The summed E-state index contributed by atoms with van der Waals surface area (Å²) in [7, 11) is 4.16. The Balaban J connectivity index is 2.22. The van der Waals surface area contributed by atoms with Crippen molar-refractivity contribution in [1.82, 2.24) is 10.2 Å². The lowest BCUT2D eigenvalue weighted by Gasteiger charge is -2.08. The summed E-state index contributed by atoms with van der Waals surface area (Å²) in [6, 6.07) is 0. The number of allylic oxidation sites excluding steroid dienone is 1. The Bertz CT molecular complexity index is 442. The summed E-state index contributed by atoms with van der Waals surface area (Å²) < 4.78 is 0. The molecule has 1 amide bonds. The van der Waals surface area contributed by atoms with Gasteiger partial charge in [0.15, 0.2) is 0 Å². The van der Waals surface area contributed by atoms with E-state index in [9.17, 15) is 14.7 Å². The highest BCUT2D eigenvalue weighted by Crippen LogP contribution is 2.51. The second kappa shape index (κ2) is 9.06. The van der Waals surface area contributed by atoms with Crippen LogP contribution >= 0.6 is 0 Å². The number of carbonyl (C=O) groups excluding carboxylic acids is 1. The van der Waals surface area contributed by atoms with E-state index in [1.807, 2.05) is 13.8 Å². The van der Waals surface area contributed by atoms with Crippen LogP contribution in [0, 0.1) is 11.3 Å². The lowest BCUT2D eigenvalue weighted by atomic mass is 10.1. The first-order chi connectivity index (χ1) is 10.7. The average molecular weight is 324 g/mol. The molecule has 2 N–H and O–H groups in total. The first kappa shape index (κ1) is 19.7. The molecule has 0 aliphatic heterocycles. The Kier molecular flexibility index (Phi) is 7.76. The number of nitrogens with zero attached hydrogens (tertiary/aromatic N) is 1. The minimum atomic E-state index is -1.05. The van der Waals surface area contributed by atoms with E-state index in [2.05, 4.69) is 24.3 Å². The van der Waals surface area contributed by atoms with Gasteiger partial charge in [-0.25, -0.2) is 4.79 Å². The van der Waals surface area contributed by atoms with Crippen LogP contribution in [0.2, 0.25) is 0 Å². The normalized spacial score (nSPS) is 19.7. The fourth-order valence-electron chi connectivity index (χ4n) is 2.68. The number of nitrogens with one attached hydrogen (secondary N) is 1. The van der Waals surface area contributed by atoms with Crippen LogP contribution in [-0.4, -0.2) is 42.5 Å². The number of carboxylic acid groups (broad SMARTS) is 1. The lowest BCUT2D eigenvalue weighted by Crippen LogP contribution is -2.29. The monoisotopic (exact) mass is 324 g/mol. The third-order valence-corrected chi connectivity index (χ3v) is 4.48. The summed E-state index contributed by atoms with van der Waals surface area (Å²) in [5.41, 5.74) is 0.0468. The number of amides is 1. The molecule has 0 aromatic rings. The molecule has 0 radical (unpaired) electrons. The molecule has 0 heterocycles. The van der Waals surface area contributed by atoms with Crippen molar-refractivity contribution >= 4 is 11.9 Å². The third kappa shape index (κ3) is 7.64. The van der Waals surface area contributed by atoms with Gasteiger partial charge in [-0.05, 0) is 51.7 Å². The van der Waals surface area contributed by atoms with Gasteiger partial charge in [0.25, 0.3) is 0 Å². The van der Waals surface area contributed by atoms with Crippen molar-refractivity contribution in [1.29, 1.82) is 0 Å². The second-order valence-electron chi connectivity index (χ2n) is 7.52. The maximum Gasteiger partial charge on any atom is 0.352 e. The summed E-state index contributed by atoms with van der Waals surface area (Å²) in [6.07, 6.45) is 8.83. The molecule has 0 spiro atoms. The molecular formula is C18H32N2O3. The van der Waals surface area contributed by atoms with E-state index < -0.39 is 5.97 Å². The van der Waals surface area contributed by atoms with Gasteiger partial charge in [-0.15, -0.1) is 0 Å². The molecule has 1 atom stereocenters. The zero-order chi connectivity index (χ0) is 17.5. The number of hydrogen-bond acceptors (Lipinski definition) is 3. The van der Waals surface area contributed by atoms with Gasteiger partial charge in [-0.1, -0.05) is 39.2 Å². The van der Waals surface area contributed by atoms with Gasteiger partial charge >= 0.3 is 5.97 Å². The predicted molar refractivity (Wildman–Crippen MR) is 92.0 cm³/mol. The predicted octanol–water partition coefficient (Wildman–Crippen LogP) is 3.02. The van der Waals surface area contributed by atoms with Crippen molar-refractivity contribution < 1.29 is 14.7 Å². The molecule has 1 saturated carbocycles. The van der Waals surface area contributed by atoms with Crippen molar-refractivity contribution in [2.75, 3.05) is 20.6 Å². The number of aliphatic carboxylic acids is 1. The largest absolute Gasteiger partial charge is 0.477 e. The summed E-state index contributed by atoms with van der Waals surface area (Å²) in [5.74, 6) is -1.27. The molecule has 0 aromatic carbocycles. The first-order valence-electron chi connectivity index (χ1n) is 8.63. The lowest BCUT2D eigenvalue weighted by molar-refractivity contribution is -0.135. The van der Waals surface area contributed by atoms with Crippen molar-refractivity contribution in [3.63, 3.8) is 0 Å². The Morgan fingerprint density at radius 2 is 1.74 bits per heavy atom. The van der Waals surface area contributed by atoms with Gasteiger partial charge < -0.3 is 15.3 Å². The minimum Gasteiger partial charge on any atom is -0.477 e. The first-order valence-corrected chi connectivity index (χ1v) is 8.63. The highest BCUT2D eigenvalue weighted by atomic mass is 16.4. The van der Waals surface area contributed by atoms with Gasteiger partial charge in [0, 0.05) is 5.92 Å². The molecule has 132 valence electrons. The Morgan fingerprint density at radius 1 is 1.17 bits per heavy atom. The van der Waals surface area contributed by atoms with Gasteiger partial charge in [0.2, 0.25) is 5.91 Å². The molecule has 0 bridgehead atoms. The zero-order valence-corrected chi connectivity index (χ0v) is 15.0. The second-order valence-corrected chi connectivity index (χ2v) is 7.52. The highest BCUT2D eigenvalue weighted by molar-refractivity contribution is 5.94. The number of unbranched alkanes of at least 4 members (excludes halogenated alkanes) is 5. The Labute approximate surface area is 140 Å². The molecule has 0 saturated heterocycles. The standard InChI is InChI=1S/C18H32N2O3/c1-18(2)13-14(18)16(21)19-15(17(22)23)11-9-7-5-6-8-10-12-20(3)4/h11,14H,5-10,12-13H2,1-4H3,(H,19,21)(H,22,23)/b15-11-. The fourth-order valence-corrected chi connectivity index (χ4v) is 2.68. The van der Waals surface area contributed by atoms with E-state index in [1.165, 1.54) is 19.3 Å². The fraction of sp³-hybridized carbons (Fsp3) is 0.778. The van der Waals surface area contributed by atoms with Crippen molar-refractivity contribution in [2.24, 2.45) is 11.3 Å². The Hall–Kier alpha value is -1.36. The van der Waals surface area contributed by atoms with Crippen LogP contribution in [0.1, 0.15) is 58.8 Å². The molecule has 1 unspecified atom stereocenters. The van der Waals surface area contributed by atoms with E-state index in [1.54, 1.807) is 6.08 Å². The quantitative estimate of drug-likeness (QED) is 0.453. The average Bonchev–Trinajstić information content (AvgIpc) is 3.08. The number of carbonyl (C=O) groups is 2. The zero-order valence-electron chi connectivity index (χ0n) is 15.0. The van der Waals surface area contributed by atoms with Crippen molar-refractivity contribution in [2.45, 2.75) is 58.8 Å². The number of hydrogen-bond donors (Lipinski definition) is 2. The SMILES string of the molecule is CN(C)CCCCCCC/C=C(\NC(=O)C1CC1(C)C)C(=O)O. The van der Waals surface area contributed by atoms with Gasteiger partial charge in [-0.3, -0.25) is 4.79 Å². The molecule has 0 aromatic heterocycles. The molecule has 23 heavy (non-hydrogen) atoms. The van der Waals surface area contributed by atoms with E-state index >= 15 is 0 Å². The molecule has 1 fully saturated rings. The molecule has 5 nitrogen and oxygen atoms in total. The van der Waals surface area contributed by atoms with E-state index in [-0.39, 0.29) is 22.9 Å². The number of carboxylic acids is 1. The van der Waals surface area contributed by atoms with Crippen LogP contribution < -0.4 is 5.32 Å². The molecule has 1 aliphatic carbocycles. The van der Waals surface area contributed by atoms with Crippen LogP contribution in [0.4, 0.5) is 0 Å². The smallest absolute Gasteiger partial charge is 0.352 e. The summed E-state index contributed by atoms with van der Waals surface area (Å²) in [5, 5.41) is 11.8. The minimum absolute atomic E-state index is 0.0141. The van der Waals surface area contributed by atoms with Crippen LogP contribution in [0.5, 0.6) is 0 Å². The van der Waals surface area contributed by atoms with Crippen molar-refractivity contribution in [3.05, 3.63) is 11.8 Å². The summed E-state index contributed by atoms with van der Waals surface area (Å²) >= 11 is 0. The Morgan fingerprint density at radius 3 is 2.26 bits per heavy atom. The molecule has 5 heteroatoms. The molecular weight excluding hydrogens is 292 g/mol.